The van der Waals surface area contributed by atoms with Crippen molar-refractivity contribution in [3.8, 4) is 12.3 Å². The van der Waals surface area contributed by atoms with Crippen molar-refractivity contribution in [2.45, 2.75) is 18.9 Å². The van der Waals surface area contributed by atoms with Gasteiger partial charge in [0.05, 0.1) is 0 Å². The molecule has 3 heterocycles. The summed E-state index contributed by atoms with van der Waals surface area (Å²) < 4.78 is 0. The number of piperidine rings is 3. The van der Waals surface area contributed by atoms with Crippen LogP contribution >= 0.6 is 12.2 Å². The molecule has 3 fully saturated rings. The summed E-state index contributed by atoms with van der Waals surface area (Å²) in [5.41, 5.74) is 1.05. The van der Waals surface area contributed by atoms with Gasteiger partial charge in [-0.1, -0.05) is 36.4 Å². The van der Waals surface area contributed by atoms with Gasteiger partial charge in [-0.05, 0) is 49.0 Å². The Morgan fingerprint density at radius 3 is 2.88 bits per heavy atom. The molecule has 3 aliphatic heterocycles. The van der Waals surface area contributed by atoms with Crippen molar-refractivity contribution in [3.63, 3.8) is 0 Å². The Labute approximate surface area is 154 Å². The Bertz CT molecular complexity index is 820. The highest BCUT2D eigenvalue weighted by Crippen LogP contribution is 2.35. The van der Waals surface area contributed by atoms with Gasteiger partial charge in [0.25, 0.3) is 0 Å². The lowest BCUT2D eigenvalue weighted by Gasteiger charge is -2.48. The summed E-state index contributed by atoms with van der Waals surface area (Å²) in [5, 5.41) is 9.86. The molecule has 4 atom stereocenters. The minimum Gasteiger partial charge on any atom is -0.361 e. The first kappa shape index (κ1) is 16.4. The highest BCUT2D eigenvalue weighted by molar-refractivity contribution is 7.80. The molecule has 5 rings (SSSR count). The maximum atomic E-state index is 5.67. The van der Waals surface area contributed by atoms with Gasteiger partial charge in [0.15, 0.2) is 5.11 Å². The number of nitrogens with one attached hydrogen (secondary N) is 2. The van der Waals surface area contributed by atoms with Crippen LogP contribution in [0.1, 0.15) is 12.8 Å². The third-order valence-electron chi connectivity index (χ3n) is 5.63. The van der Waals surface area contributed by atoms with E-state index in [1.807, 2.05) is 0 Å². The number of hydrogen-bond acceptors (Lipinski definition) is 2. The zero-order chi connectivity index (χ0) is 17.2. The summed E-state index contributed by atoms with van der Waals surface area (Å²) in [6.45, 7) is 3.08. The Balaban J connectivity index is 1.36. The summed E-state index contributed by atoms with van der Waals surface area (Å²) >= 11 is 5.53. The van der Waals surface area contributed by atoms with Gasteiger partial charge in [-0.2, -0.15) is 0 Å². The predicted molar refractivity (Wildman–Crippen MR) is 109 cm³/mol. The number of benzene rings is 2. The van der Waals surface area contributed by atoms with Crippen LogP contribution in [-0.2, 0) is 0 Å². The minimum absolute atomic E-state index is 0.436. The van der Waals surface area contributed by atoms with Crippen LogP contribution in [-0.4, -0.2) is 35.7 Å². The van der Waals surface area contributed by atoms with Crippen molar-refractivity contribution < 1.29 is 0 Å². The van der Waals surface area contributed by atoms with Crippen molar-refractivity contribution in [1.29, 1.82) is 0 Å². The first-order chi connectivity index (χ1) is 12.2. The van der Waals surface area contributed by atoms with Crippen LogP contribution in [0.15, 0.2) is 42.5 Å². The molecule has 3 saturated heterocycles. The van der Waals surface area contributed by atoms with E-state index in [9.17, 15) is 0 Å². The molecule has 0 aliphatic carbocycles. The fourth-order valence-corrected chi connectivity index (χ4v) is 4.44. The van der Waals surface area contributed by atoms with Crippen molar-refractivity contribution in [3.05, 3.63) is 42.5 Å². The van der Waals surface area contributed by atoms with E-state index in [1.54, 1.807) is 0 Å². The van der Waals surface area contributed by atoms with Gasteiger partial charge in [0, 0.05) is 36.1 Å². The van der Waals surface area contributed by atoms with E-state index in [-0.39, 0.29) is 0 Å². The van der Waals surface area contributed by atoms with Crippen molar-refractivity contribution in [1.82, 2.24) is 10.2 Å². The highest BCUT2D eigenvalue weighted by Gasteiger charge is 2.39. The first-order valence-corrected chi connectivity index (χ1v) is 9.38. The van der Waals surface area contributed by atoms with Gasteiger partial charge in [-0.3, -0.25) is 4.90 Å². The van der Waals surface area contributed by atoms with E-state index in [2.05, 4.69) is 63.9 Å². The number of anilines is 1. The average molecular weight is 350 g/mol. The second-order valence-corrected chi connectivity index (χ2v) is 7.48. The molecule has 0 amide bonds. The van der Waals surface area contributed by atoms with E-state index < -0.39 is 0 Å². The lowest BCUT2D eigenvalue weighted by atomic mass is 9.76. The van der Waals surface area contributed by atoms with E-state index in [0.29, 0.717) is 23.0 Å². The fourth-order valence-electron chi connectivity index (χ4n) is 4.25. The number of hydrogen-bond donors (Lipinski definition) is 2. The second kappa shape index (κ2) is 7.03. The lowest BCUT2D eigenvalue weighted by molar-refractivity contribution is 0.0248. The van der Waals surface area contributed by atoms with Gasteiger partial charge in [0.1, 0.15) is 0 Å². The quantitative estimate of drug-likeness (QED) is 0.655. The summed E-state index contributed by atoms with van der Waals surface area (Å²) in [7, 11) is 0. The fraction of sp³-hybridized carbons (Fsp3) is 0.381. The zero-order valence-corrected chi connectivity index (χ0v) is 15.1. The Hall–Kier alpha value is -2.09. The molecule has 128 valence electrons. The largest absolute Gasteiger partial charge is 0.361 e. The van der Waals surface area contributed by atoms with Crippen molar-refractivity contribution in [2.24, 2.45) is 11.8 Å². The van der Waals surface area contributed by atoms with Crippen molar-refractivity contribution >= 4 is 33.8 Å². The number of thiocarbonyl (C=S) groups is 1. The Morgan fingerprint density at radius 2 is 2.08 bits per heavy atom. The monoisotopic (exact) mass is 349 g/mol. The molecule has 0 aromatic heterocycles. The molecule has 2 bridgehead atoms. The third-order valence-corrected chi connectivity index (χ3v) is 5.88. The molecule has 1 unspecified atom stereocenters. The maximum absolute atomic E-state index is 5.67. The minimum atomic E-state index is 0.436. The number of fused-ring (bicyclic) bond motifs is 4. The molecular formula is C21H23N3S. The highest BCUT2D eigenvalue weighted by atomic mass is 32.1. The standard InChI is InChI=1S/C21H23N3S/c1-2-15-14-24-11-10-17(15)12-18(24)13-22-21(25)23-20-9-5-7-16-6-3-4-8-19(16)20/h1,3-9,15,17-18H,10-14H2,(H2,22,23,25)/t15-,17+,18-/m1/s1. The van der Waals surface area contributed by atoms with E-state index in [4.69, 9.17) is 18.6 Å². The van der Waals surface area contributed by atoms with Crippen LogP contribution in [0.25, 0.3) is 10.8 Å². The molecule has 25 heavy (non-hydrogen) atoms. The molecular weight excluding hydrogens is 326 g/mol. The average Bonchev–Trinajstić information content (AvgIpc) is 2.67. The molecule has 2 aromatic rings. The van der Waals surface area contributed by atoms with Crippen LogP contribution in [0.5, 0.6) is 0 Å². The van der Waals surface area contributed by atoms with E-state index in [1.165, 1.54) is 30.2 Å². The van der Waals surface area contributed by atoms with Gasteiger partial charge >= 0.3 is 0 Å². The number of terminal acetylenes is 1. The summed E-state index contributed by atoms with van der Waals surface area (Å²) in [4.78, 5) is 2.53. The summed E-state index contributed by atoms with van der Waals surface area (Å²) in [5.74, 6) is 4.09. The Kier molecular flexibility index (Phi) is 4.61. The van der Waals surface area contributed by atoms with Gasteiger partial charge in [-0.15, -0.1) is 12.3 Å². The first-order valence-electron chi connectivity index (χ1n) is 8.97. The van der Waals surface area contributed by atoms with E-state index >= 15 is 0 Å². The second-order valence-electron chi connectivity index (χ2n) is 7.07. The molecule has 3 nitrogen and oxygen atoms in total. The molecule has 2 N–H and O–H groups in total. The third kappa shape index (κ3) is 3.35. The number of nitrogens with zero attached hydrogens (tertiary/aromatic N) is 1. The topological polar surface area (TPSA) is 27.3 Å². The molecule has 2 aromatic carbocycles. The summed E-state index contributed by atoms with van der Waals surface area (Å²) in [6.07, 6.45) is 8.09. The summed E-state index contributed by atoms with van der Waals surface area (Å²) in [6, 6.07) is 15.1. The smallest absolute Gasteiger partial charge is 0.170 e. The molecule has 3 aliphatic rings. The van der Waals surface area contributed by atoms with Crippen LogP contribution in [0.3, 0.4) is 0 Å². The van der Waals surface area contributed by atoms with Crippen LogP contribution < -0.4 is 10.6 Å². The molecule has 0 spiro atoms. The van der Waals surface area contributed by atoms with E-state index in [0.717, 1.165) is 18.8 Å². The van der Waals surface area contributed by atoms with Crippen LogP contribution in [0.2, 0.25) is 0 Å². The lowest BCUT2D eigenvalue weighted by Crippen LogP contribution is -2.56. The van der Waals surface area contributed by atoms with Crippen LogP contribution in [0.4, 0.5) is 5.69 Å². The molecule has 0 radical (unpaired) electrons. The zero-order valence-electron chi connectivity index (χ0n) is 14.2. The SMILES string of the molecule is C#C[C@@H]1CN2CC[C@H]1C[C@@H]2CNC(=S)Nc1cccc2ccccc12. The van der Waals surface area contributed by atoms with Crippen LogP contribution in [0, 0.1) is 24.2 Å². The number of rotatable bonds is 3. The van der Waals surface area contributed by atoms with Crippen molar-refractivity contribution in [2.75, 3.05) is 25.0 Å². The predicted octanol–water partition coefficient (Wildman–Crippen LogP) is 3.47. The molecule has 0 saturated carbocycles. The van der Waals surface area contributed by atoms with Gasteiger partial charge < -0.3 is 10.6 Å². The molecule has 4 heteroatoms. The van der Waals surface area contributed by atoms with Gasteiger partial charge in [-0.25, -0.2) is 0 Å². The Morgan fingerprint density at radius 1 is 1.24 bits per heavy atom. The normalized spacial score (nSPS) is 27.6. The van der Waals surface area contributed by atoms with Gasteiger partial charge in [0.2, 0.25) is 0 Å². The maximum Gasteiger partial charge on any atom is 0.170 e.